The highest BCUT2D eigenvalue weighted by Crippen LogP contribution is 2.04. The molecule has 0 aliphatic rings. The molecule has 0 saturated carbocycles. The summed E-state index contributed by atoms with van der Waals surface area (Å²) >= 11 is 0. The predicted molar refractivity (Wildman–Crippen MR) is 79.3 cm³/mol. The number of amides is 2. The van der Waals surface area contributed by atoms with E-state index < -0.39 is 5.97 Å². The lowest BCUT2D eigenvalue weighted by Crippen LogP contribution is -2.37. The number of carbonyl (C=O) groups excluding carboxylic acids is 1. The Labute approximate surface area is 124 Å². The van der Waals surface area contributed by atoms with E-state index >= 15 is 0 Å². The van der Waals surface area contributed by atoms with Crippen molar-refractivity contribution in [3.8, 4) is 0 Å². The second-order valence-corrected chi connectivity index (χ2v) is 5.08. The number of carboxylic acids is 1. The zero-order valence-corrected chi connectivity index (χ0v) is 12.4. The average molecular weight is 294 g/mol. The van der Waals surface area contributed by atoms with Crippen molar-refractivity contribution in [2.75, 3.05) is 19.8 Å². The van der Waals surface area contributed by atoms with Crippen molar-refractivity contribution in [2.45, 2.75) is 20.4 Å². The second-order valence-electron chi connectivity index (χ2n) is 5.08. The zero-order valence-electron chi connectivity index (χ0n) is 12.4. The molecule has 6 nitrogen and oxygen atoms in total. The van der Waals surface area contributed by atoms with Crippen molar-refractivity contribution in [1.29, 1.82) is 0 Å². The molecule has 0 bridgehead atoms. The Morgan fingerprint density at radius 3 is 2.71 bits per heavy atom. The molecule has 21 heavy (non-hydrogen) atoms. The summed E-state index contributed by atoms with van der Waals surface area (Å²) in [5.74, 6) is -0.510. The number of hydrogen-bond donors (Lipinski definition) is 3. The van der Waals surface area contributed by atoms with Gasteiger partial charge in [-0.15, -0.1) is 0 Å². The van der Waals surface area contributed by atoms with E-state index in [0.29, 0.717) is 25.7 Å². The maximum atomic E-state index is 11.5. The SMILES string of the molecule is CC(C)COCCNC(=O)NCc1cccc(C(=O)O)c1. The lowest BCUT2D eigenvalue weighted by molar-refractivity contribution is 0.0696. The normalized spacial score (nSPS) is 10.4. The van der Waals surface area contributed by atoms with Gasteiger partial charge in [-0.25, -0.2) is 9.59 Å². The molecule has 0 aliphatic heterocycles. The van der Waals surface area contributed by atoms with E-state index in [1.54, 1.807) is 12.1 Å². The van der Waals surface area contributed by atoms with Gasteiger partial charge in [0.05, 0.1) is 12.2 Å². The first-order chi connectivity index (χ1) is 9.99. The molecule has 0 aliphatic carbocycles. The molecule has 0 aromatic heterocycles. The molecule has 6 heteroatoms. The molecule has 116 valence electrons. The number of nitrogens with one attached hydrogen (secondary N) is 2. The molecule has 0 radical (unpaired) electrons. The third-order valence-electron chi connectivity index (χ3n) is 2.61. The summed E-state index contributed by atoms with van der Waals surface area (Å²) in [6, 6.07) is 6.16. The summed E-state index contributed by atoms with van der Waals surface area (Å²) in [6.07, 6.45) is 0. The van der Waals surface area contributed by atoms with Crippen molar-refractivity contribution >= 4 is 12.0 Å². The maximum Gasteiger partial charge on any atom is 0.335 e. The summed E-state index contributed by atoms with van der Waals surface area (Å²) in [4.78, 5) is 22.4. The first kappa shape index (κ1) is 17.0. The molecule has 0 spiro atoms. The van der Waals surface area contributed by atoms with Crippen LogP contribution in [0.15, 0.2) is 24.3 Å². The molecule has 1 aromatic rings. The van der Waals surface area contributed by atoms with Crippen LogP contribution in [0.5, 0.6) is 0 Å². The van der Waals surface area contributed by atoms with Crippen LogP contribution in [0, 0.1) is 5.92 Å². The molecule has 0 fully saturated rings. The number of hydrogen-bond acceptors (Lipinski definition) is 3. The van der Waals surface area contributed by atoms with Gasteiger partial charge < -0.3 is 20.5 Å². The van der Waals surface area contributed by atoms with Crippen molar-refractivity contribution < 1.29 is 19.4 Å². The van der Waals surface area contributed by atoms with Crippen molar-refractivity contribution in [3.05, 3.63) is 35.4 Å². The molecule has 0 unspecified atom stereocenters. The number of benzene rings is 1. The van der Waals surface area contributed by atoms with Crippen LogP contribution in [0.3, 0.4) is 0 Å². The van der Waals surface area contributed by atoms with Crippen molar-refractivity contribution in [1.82, 2.24) is 10.6 Å². The molecular formula is C15H22N2O4. The fourth-order valence-electron chi connectivity index (χ4n) is 1.61. The van der Waals surface area contributed by atoms with Gasteiger partial charge in [-0.1, -0.05) is 26.0 Å². The minimum Gasteiger partial charge on any atom is -0.478 e. The van der Waals surface area contributed by atoms with E-state index in [4.69, 9.17) is 9.84 Å². The van der Waals surface area contributed by atoms with Crippen LogP contribution in [0.2, 0.25) is 0 Å². The molecule has 0 heterocycles. The van der Waals surface area contributed by atoms with Gasteiger partial charge in [0.25, 0.3) is 0 Å². The Hall–Kier alpha value is -2.08. The summed E-state index contributed by atoms with van der Waals surface area (Å²) in [5, 5.41) is 14.2. The van der Waals surface area contributed by atoms with Crippen LogP contribution in [0.1, 0.15) is 29.8 Å². The third kappa shape index (κ3) is 7.31. The van der Waals surface area contributed by atoms with E-state index in [2.05, 4.69) is 24.5 Å². The fraction of sp³-hybridized carbons (Fsp3) is 0.467. The van der Waals surface area contributed by atoms with E-state index in [9.17, 15) is 9.59 Å². The number of urea groups is 1. The van der Waals surface area contributed by atoms with Gasteiger partial charge in [-0.05, 0) is 23.6 Å². The largest absolute Gasteiger partial charge is 0.478 e. The molecule has 1 rings (SSSR count). The molecule has 0 saturated heterocycles. The predicted octanol–water partition coefficient (Wildman–Crippen LogP) is 1.86. The van der Waals surface area contributed by atoms with E-state index in [0.717, 1.165) is 5.56 Å². The first-order valence-corrected chi connectivity index (χ1v) is 6.90. The van der Waals surface area contributed by atoms with Crippen LogP contribution in [0.4, 0.5) is 4.79 Å². The molecule has 1 aromatic carbocycles. The van der Waals surface area contributed by atoms with Crippen LogP contribution in [-0.2, 0) is 11.3 Å². The molecular weight excluding hydrogens is 272 g/mol. The van der Waals surface area contributed by atoms with Crippen molar-refractivity contribution in [2.24, 2.45) is 5.92 Å². The minimum atomic E-state index is -0.983. The number of ether oxygens (including phenoxy) is 1. The van der Waals surface area contributed by atoms with Gasteiger partial charge in [0.15, 0.2) is 0 Å². The van der Waals surface area contributed by atoms with Gasteiger partial charge in [0.1, 0.15) is 0 Å². The Balaban J connectivity index is 2.24. The van der Waals surface area contributed by atoms with Crippen LogP contribution in [-0.4, -0.2) is 36.9 Å². The number of aromatic carboxylic acids is 1. The fourth-order valence-corrected chi connectivity index (χ4v) is 1.61. The summed E-state index contributed by atoms with van der Waals surface area (Å²) in [7, 11) is 0. The quantitative estimate of drug-likeness (QED) is 0.639. The van der Waals surface area contributed by atoms with Crippen LogP contribution < -0.4 is 10.6 Å². The maximum absolute atomic E-state index is 11.5. The van der Waals surface area contributed by atoms with Crippen molar-refractivity contribution in [3.63, 3.8) is 0 Å². The third-order valence-corrected chi connectivity index (χ3v) is 2.61. The summed E-state index contributed by atoms with van der Waals surface area (Å²) in [5.41, 5.74) is 0.943. The van der Waals surface area contributed by atoms with Gasteiger partial charge >= 0.3 is 12.0 Å². The Morgan fingerprint density at radius 2 is 2.05 bits per heavy atom. The second kappa shape index (κ2) is 8.97. The Bertz CT molecular complexity index is 474. The Kier molecular flexibility index (Phi) is 7.25. The monoisotopic (exact) mass is 294 g/mol. The lowest BCUT2D eigenvalue weighted by Gasteiger charge is -2.09. The average Bonchev–Trinajstić information content (AvgIpc) is 2.44. The standard InChI is InChI=1S/C15H22N2O4/c1-11(2)10-21-7-6-16-15(20)17-9-12-4-3-5-13(8-12)14(18)19/h3-5,8,11H,6-7,9-10H2,1-2H3,(H,18,19)(H2,16,17,20). The van der Waals surface area contributed by atoms with E-state index in [1.165, 1.54) is 12.1 Å². The lowest BCUT2D eigenvalue weighted by atomic mass is 10.1. The molecule has 2 amide bonds. The highest BCUT2D eigenvalue weighted by Gasteiger charge is 2.04. The van der Waals surface area contributed by atoms with Crippen LogP contribution in [0.25, 0.3) is 0 Å². The highest BCUT2D eigenvalue weighted by molar-refractivity contribution is 5.87. The Morgan fingerprint density at radius 1 is 1.29 bits per heavy atom. The van der Waals surface area contributed by atoms with Gasteiger partial charge in [0.2, 0.25) is 0 Å². The zero-order chi connectivity index (χ0) is 15.7. The topological polar surface area (TPSA) is 87.7 Å². The molecule has 3 N–H and O–H groups in total. The summed E-state index contributed by atoms with van der Waals surface area (Å²) < 4.78 is 5.34. The number of rotatable bonds is 8. The smallest absolute Gasteiger partial charge is 0.335 e. The van der Waals surface area contributed by atoms with Gasteiger partial charge in [-0.2, -0.15) is 0 Å². The van der Waals surface area contributed by atoms with Crippen LogP contribution >= 0.6 is 0 Å². The molecule has 0 atom stereocenters. The van der Waals surface area contributed by atoms with Gasteiger partial charge in [0, 0.05) is 19.7 Å². The first-order valence-electron chi connectivity index (χ1n) is 6.90. The minimum absolute atomic E-state index is 0.205. The summed E-state index contributed by atoms with van der Waals surface area (Å²) in [6.45, 7) is 5.98. The highest BCUT2D eigenvalue weighted by atomic mass is 16.5. The van der Waals surface area contributed by atoms with E-state index in [1.807, 2.05) is 0 Å². The number of carbonyl (C=O) groups is 2. The number of carboxylic acid groups (broad SMARTS) is 1. The van der Waals surface area contributed by atoms with E-state index in [-0.39, 0.29) is 18.1 Å². The van der Waals surface area contributed by atoms with Gasteiger partial charge in [-0.3, -0.25) is 0 Å².